The molecule has 8 bridgehead atoms. The van der Waals surface area contributed by atoms with E-state index >= 15 is 0 Å². The van der Waals surface area contributed by atoms with Crippen molar-refractivity contribution in [3.8, 4) is 16.9 Å². The first-order valence-corrected chi connectivity index (χ1v) is 17.0. The molecule has 0 atom stereocenters. The first kappa shape index (κ1) is 31.4. The molecule has 242 valence electrons. The number of aromatic nitrogens is 5. The standard InChI is InChI=1S/C36H37ClN6O3S/c1-21-32-30-12-11-28(37)34(32)33-22(2)38-39-29(33)19-41(3)18-24-16-25(42(4)40-24)20-47-26-15-23-9-6-7-10-27(23)31(17-26)46-14-8-13-43(30)35(21)36(44)45-5/h6-7,9-12,15-17H,8,13-14,18-20H2,1-5H3,(H,38,39). The zero-order chi connectivity index (χ0) is 32.8. The number of benzene rings is 3. The van der Waals surface area contributed by atoms with Gasteiger partial charge in [-0.15, -0.1) is 11.8 Å². The first-order chi connectivity index (χ1) is 22.7. The summed E-state index contributed by atoms with van der Waals surface area (Å²) in [6.45, 7) is 6.24. The number of carbonyl (C=O) groups is 1. The van der Waals surface area contributed by atoms with Gasteiger partial charge >= 0.3 is 5.97 Å². The summed E-state index contributed by atoms with van der Waals surface area (Å²) >= 11 is 8.79. The molecule has 9 nitrogen and oxygen atoms in total. The molecular weight excluding hydrogens is 632 g/mol. The number of rotatable bonds is 1. The molecule has 1 aliphatic heterocycles. The van der Waals surface area contributed by atoms with Crippen LogP contribution in [0.25, 0.3) is 32.8 Å². The van der Waals surface area contributed by atoms with Gasteiger partial charge < -0.3 is 14.0 Å². The minimum absolute atomic E-state index is 0.384. The van der Waals surface area contributed by atoms with Crippen LogP contribution in [0.15, 0.2) is 59.5 Å². The van der Waals surface area contributed by atoms with Gasteiger partial charge in [-0.2, -0.15) is 10.2 Å². The fraction of sp³-hybridized carbons (Fsp3) is 0.306. The van der Waals surface area contributed by atoms with E-state index in [0.717, 1.165) is 77.5 Å². The Morgan fingerprint density at radius 2 is 1.89 bits per heavy atom. The summed E-state index contributed by atoms with van der Waals surface area (Å²) in [7, 11) is 5.49. The molecule has 3 aromatic heterocycles. The predicted octanol–water partition coefficient (Wildman–Crippen LogP) is 7.68. The van der Waals surface area contributed by atoms with E-state index in [9.17, 15) is 4.79 Å². The van der Waals surface area contributed by atoms with Crippen LogP contribution >= 0.6 is 23.4 Å². The SMILES string of the molecule is COC(=O)c1c(C)c2c3c(Cl)ccc2n1CCCOc1cc(cc2ccccc12)SCc1cc(nn1C)CN(C)Cc1n[nH]c(C)c1-3. The van der Waals surface area contributed by atoms with Gasteiger partial charge in [0.1, 0.15) is 11.4 Å². The number of ether oxygens (including phenoxy) is 2. The fourth-order valence-electron chi connectivity index (χ4n) is 6.76. The van der Waals surface area contributed by atoms with Gasteiger partial charge in [0.05, 0.1) is 25.1 Å². The Hall–Kier alpha value is -4.25. The summed E-state index contributed by atoms with van der Waals surface area (Å²) in [6, 6.07) is 18.7. The number of halogens is 1. The van der Waals surface area contributed by atoms with Crippen molar-refractivity contribution in [1.29, 1.82) is 0 Å². The third kappa shape index (κ3) is 5.79. The van der Waals surface area contributed by atoms with Crippen molar-refractivity contribution >= 4 is 51.0 Å². The molecule has 0 radical (unpaired) electrons. The van der Waals surface area contributed by atoms with E-state index in [-0.39, 0.29) is 5.97 Å². The van der Waals surface area contributed by atoms with E-state index in [1.165, 1.54) is 7.11 Å². The van der Waals surface area contributed by atoms with Crippen molar-refractivity contribution < 1.29 is 14.3 Å². The zero-order valence-corrected chi connectivity index (χ0v) is 28.8. The molecule has 0 unspecified atom stereocenters. The highest BCUT2D eigenvalue weighted by molar-refractivity contribution is 7.98. The number of hydrogen-bond acceptors (Lipinski definition) is 7. The van der Waals surface area contributed by atoms with Crippen LogP contribution in [0.5, 0.6) is 5.75 Å². The van der Waals surface area contributed by atoms with Crippen molar-refractivity contribution in [2.45, 2.75) is 50.6 Å². The zero-order valence-electron chi connectivity index (χ0n) is 27.2. The molecular formula is C36H37ClN6O3S. The summed E-state index contributed by atoms with van der Waals surface area (Å²) < 4.78 is 15.8. The predicted molar refractivity (Wildman–Crippen MR) is 187 cm³/mol. The Labute approximate surface area is 282 Å². The summed E-state index contributed by atoms with van der Waals surface area (Å²) in [6.07, 6.45) is 0.676. The number of methoxy groups -OCH3 is 1. The molecule has 7 rings (SSSR count). The molecule has 0 aliphatic carbocycles. The van der Waals surface area contributed by atoms with Gasteiger partial charge in [0.15, 0.2) is 0 Å². The van der Waals surface area contributed by atoms with Crippen molar-refractivity contribution in [2.75, 3.05) is 20.8 Å². The molecule has 0 saturated heterocycles. The number of nitrogens with zero attached hydrogens (tertiary/aromatic N) is 5. The van der Waals surface area contributed by atoms with E-state index in [2.05, 4.69) is 53.4 Å². The molecule has 3 aromatic carbocycles. The molecule has 0 saturated carbocycles. The highest BCUT2D eigenvalue weighted by Gasteiger charge is 2.27. The lowest BCUT2D eigenvalue weighted by atomic mass is 9.96. The summed E-state index contributed by atoms with van der Waals surface area (Å²) in [5.74, 6) is 1.25. The Morgan fingerprint density at radius 3 is 2.72 bits per heavy atom. The smallest absolute Gasteiger partial charge is 0.354 e. The lowest BCUT2D eigenvalue weighted by Gasteiger charge is -2.16. The average molecular weight is 669 g/mol. The number of H-pyrrole nitrogens is 1. The topological polar surface area (TPSA) is 90.2 Å². The van der Waals surface area contributed by atoms with Gasteiger partial charge in [-0.3, -0.25) is 14.7 Å². The second-order valence-electron chi connectivity index (χ2n) is 12.2. The van der Waals surface area contributed by atoms with Crippen LogP contribution in [0.4, 0.5) is 0 Å². The van der Waals surface area contributed by atoms with E-state index in [4.69, 9.17) is 31.3 Å². The van der Waals surface area contributed by atoms with Gasteiger partial charge in [-0.1, -0.05) is 35.9 Å². The molecule has 6 aromatic rings. The largest absolute Gasteiger partial charge is 0.493 e. The minimum atomic E-state index is -0.384. The monoisotopic (exact) mass is 668 g/mol. The Kier molecular flexibility index (Phi) is 8.50. The van der Waals surface area contributed by atoms with Crippen LogP contribution in [-0.2, 0) is 37.2 Å². The molecule has 11 heteroatoms. The number of aromatic amines is 1. The van der Waals surface area contributed by atoms with Crippen LogP contribution in [0, 0.1) is 13.8 Å². The highest BCUT2D eigenvalue weighted by Crippen LogP contribution is 2.42. The molecule has 4 heterocycles. The van der Waals surface area contributed by atoms with E-state index < -0.39 is 0 Å². The quantitative estimate of drug-likeness (QED) is 0.180. The number of aryl methyl sites for hydroxylation is 4. The normalized spacial score (nSPS) is 14.6. The number of nitrogens with one attached hydrogen (secondary N) is 1. The molecule has 0 fully saturated rings. The van der Waals surface area contributed by atoms with E-state index in [1.807, 2.05) is 48.3 Å². The fourth-order valence-corrected chi connectivity index (χ4v) is 8.00. The third-order valence-electron chi connectivity index (χ3n) is 8.92. The van der Waals surface area contributed by atoms with Crippen LogP contribution < -0.4 is 4.74 Å². The lowest BCUT2D eigenvalue weighted by Crippen LogP contribution is -2.18. The molecule has 0 amide bonds. The Balaban J connectivity index is 1.37. The Bertz CT molecular complexity index is 2150. The highest BCUT2D eigenvalue weighted by atomic mass is 35.5. The Morgan fingerprint density at radius 1 is 1.06 bits per heavy atom. The van der Waals surface area contributed by atoms with E-state index in [0.29, 0.717) is 43.4 Å². The number of carbonyl (C=O) groups excluding carboxylic acids is 1. The summed E-state index contributed by atoms with van der Waals surface area (Å²) in [4.78, 5) is 16.6. The maximum absolute atomic E-state index is 13.3. The average Bonchev–Trinajstić information content (AvgIpc) is 3.69. The first-order valence-electron chi connectivity index (χ1n) is 15.7. The maximum Gasteiger partial charge on any atom is 0.354 e. The second-order valence-corrected chi connectivity index (χ2v) is 13.6. The maximum atomic E-state index is 13.3. The minimum Gasteiger partial charge on any atom is -0.493 e. The van der Waals surface area contributed by atoms with Crippen LogP contribution in [0.2, 0.25) is 5.02 Å². The van der Waals surface area contributed by atoms with Crippen LogP contribution in [0.1, 0.15) is 45.2 Å². The van der Waals surface area contributed by atoms with Gasteiger partial charge in [0.2, 0.25) is 0 Å². The summed E-state index contributed by atoms with van der Waals surface area (Å²) in [5, 5.41) is 16.5. The third-order valence-corrected chi connectivity index (χ3v) is 10.2. The van der Waals surface area contributed by atoms with Crippen LogP contribution in [0.3, 0.4) is 0 Å². The van der Waals surface area contributed by atoms with Gasteiger partial charge in [-0.05, 0) is 68.6 Å². The van der Waals surface area contributed by atoms with E-state index in [1.54, 1.807) is 11.8 Å². The number of thioether (sulfide) groups is 1. The van der Waals surface area contributed by atoms with Crippen molar-refractivity contribution in [3.05, 3.63) is 93.7 Å². The second kappa shape index (κ2) is 12.7. The lowest BCUT2D eigenvalue weighted by molar-refractivity contribution is 0.0587. The number of esters is 1. The summed E-state index contributed by atoms with van der Waals surface area (Å²) in [5.41, 5.74) is 7.99. The van der Waals surface area contributed by atoms with Gasteiger partial charge in [-0.25, -0.2) is 4.79 Å². The van der Waals surface area contributed by atoms with Gasteiger partial charge in [0.25, 0.3) is 0 Å². The molecule has 0 spiro atoms. The van der Waals surface area contributed by atoms with Crippen molar-refractivity contribution in [2.24, 2.45) is 7.05 Å². The molecule has 1 aliphatic rings. The van der Waals surface area contributed by atoms with Crippen molar-refractivity contribution in [1.82, 2.24) is 29.4 Å². The molecule has 47 heavy (non-hydrogen) atoms. The van der Waals surface area contributed by atoms with Gasteiger partial charge in [0, 0.05) is 81.2 Å². The number of fused-ring (bicyclic) bond motifs is 8. The number of hydrogen-bond donors (Lipinski definition) is 1. The van der Waals surface area contributed by atoms with Crippen LogP contribution in [-0.4, -0.2) is 56.2 Å². The van der Waals surface area contributed by atoms with Crippen molar-refractivity contribution in [3.63, 3.8) is 0 Å². The molecule has 1 N–H and O–H groups in total.